The molecule has 1 heterocycles. The van der Waals surface area contributed by atoms with Gasteiger partial charge in [-0.15, -0.1) is 0 Å². The fourth-order valence-electron chi connectivity index (χ4n) is 3.52. The van der Waals surface area contributed by atoms with Crippen molar-refractivity contribution in [3.05, 3.63) is 80.7 Å². The molecule has 0 atom stereocenters. The molecule has 0 bridgehead atoms. The van der Waals surface area contributed by atoms with E-state index in [1.807, 2.05) is 61.7 Å². The molecule has 0 spiro atoms. The predicted octanol–water partition coefficient (Wildman–Crippen LogP) is 6.78. The monoisotopic (exact) mass is 572 g/mol. The van der Waals surface area contributed by atoms with E-state index in [0.717, 1.165) is 52.1 Å². The van der Waals surface area contributed by atoms with Gasteiger partial charge in [-0.25, -0.2) is 0 Å². The zero-order valence-corrected chi connectivity index (χ0v) is 21.6. The van der Waals surface area contributed by atoms with Gasteiger partial charge in [-0.1, -0.05) is 28.1 Å². The van der Waals surface area contributed by atoms with Crippen molar-refractivity contribution in [3.8, 4) is 11.5 Å². The number of morpholine rings is 1. The van der Waals surface area contributed by atoms with Crippen molar-refractivity contribution in [2.75, 3.05) is 37.8 Å². The molecular formula is C26H26Br2N2O3. The minimum Gasteiger partial charge on any atom is -0.490 e. The maximum absolute atomic E-state index is 6.09. The lowest BCUT2D eigenvalue weighted by molar-refractivity contribution is 0.122. The summed E-state index contributed by atoms with van der Waals surface area (Å²) in [5, 5.41) is 0. The van der Waals surface area contributed by atoms with Gasteiger partial charge in [0.2, 0.25) is 0 Å². The predicted molar refractivity (Wildman–Crippen MR) is 141 cm³/mol. The minimum absolute atomic E-state index is 0.453. The number of ether oxygens (including phenoxy) is 3. The van der Waals surface area contributed by atoms with E-state index in [2.05, 4.69) is 53.9 Å². The Morgan fingerprint density at radius 3 is 2.39 bits per heavy atom. The molecule has 0 aromatic heterocycles. The van der Waals surface area contributed by atoms with Crippen LogP contribution < -0.4 is 14.4 Å². The van der Waals surface area contributed by atoms with Crippen molar-refractivity contribution in [1.29, 1.82) is 0 Å². The average molecular weight is 574 g/mol. The van der Waals surface area contributed by atoms with E-state index in [-0.39, 0.29) is 0 Å². The molecule has 0 saturated carbocycles. The molecule has 0 N–H and O–H groups in total. The van der Waals surface area contributed by atoms with Gasteiger partial charge in [-0.3, -0.25) is 4.99 Å². The SMILES string of the molecule is CCOc1cc(C=Nc2ccc(N3CCOCC3)cc2)cc(Br)c1OCc1ccc(Br)cc1. The molecule has 1 fully saturated rings. The smallest absolute Gasteiger partial charge is 0.175 e. The normalized spacial score (nSPS) is 14.0. The van der Waals surface area contributed by atoms with Crippen molar-refractivity contribution >= 4 is 49.4 Å². The van der Waals surface area contributed by atoms with E-state index >= 15 is 0 Å². The lowest BCUT2D eigenvalue weighted by Gasteiger charge is -2.28. The van der Waals surface area contributed by atoms with Gasteiger partial charge in [0.05, 0.1) is 30.0 Å². The summed E-state index contributed by atoms with van der Waals surface area (Å²) in [6.45, 7) is 6.36. The van der Waals surface area contributed by atoms with Gasteiger partial charge in [0.25, 0.3) is 0 Å². The van der Waals surface area contributed by atoms with Crippen LogP contribution in [0.5, 0.6) is 11.5 Å². The van der Waals surface area contributed by atoms with Crippen LogP contribution in [-0.4, -0.2) is 39.1 Å². The highest BCUT2D eigenvalue weighted by Gasteiger charge is 2.13. The molecule has 7 heteroatoms. The van der Waals surface area contributed by atoms with Crippen LogP contribution in [0.2, 0.25) is 0 Å². The maximum atomic E-state index is 6.09. The van der Waals surface area contributed by atoms with E-state index in [1.54, 1.807) is 0 Å². The number of halogens is 2. The molecule has 172 valence electrons. The van der Waals surface area contributed by atoms with Crippen LogP contribution in [0.4, 0.5) is 11.4 Å². The molecule has 0 unspecified atom stereocenters. The number of nitrogens with zero attached hydrogens (tertiary/aromatic N) is 2. The molecular weight excluding hydrogens is 548 g/mol. The number of benzene rings is 3. The van der Waals surface area contributed by atoms with E-state index in [0.29, 0.717) is 24.7 Å². The molecule has 0 aliphatic carbocycles. The van der Waals surface area contributed by atoms with Crippen molar-refractivity contribution in [2.45, 2.75) is 13.5 Å². The highest BCUT2D eigenvalue weighted by atomic mass is 79.9. The molecule has 5 nitrogen and oxygen atoms in total. The third-order valence-electron chi connectivity index (χ3n) is 5.22. The molecule has 1 aliphatic rings. The Morgan fingerprint density at radius 2 is 1.70 bits per heavy atom. The average Bonchev–Trinajstić information content (AvgIpc) is 2.84. The van der Waals surface area contributed by atoms with Crippen LogP contribution in [0.3, 0.4) is 0 Å². The summed E-state index contributed by atoms with van der Waals surface area (Å²) in [6, 6.07) is 20.3. The van der Waals surface area contributed by atoms with Gasteiger partial charge in [-0.2, -0.15) is 0 Å². The Kier molecular flexibility index (Phi) is 8.42. The van der Waals surface area contributed by atoms with Crippen molar-refractivity contribution < 1.29 is 14.2 Å². The highest BCUT2D eigenvalue weighted by molar-refractivity contribution is 9.10. The summed E-state index contributed by atoms with van der Waals surface area (Å²) in [6.07, 6.45) is 1.84. The molecule has 4 rings (SSSR count). The second-order valence-corrected chi connectivity index (χ2v) is 9.32. The fraction of sp³-hybridized carbons (Fsp3) is 0.269. The number of hydrogen-bond donors (Lipinski definition) is 0. The van der Waals surface area contributed by atoms with Crippen LogP contribution in [0, 0.1) is 0 Å². The lowest BCUT2D eigenvalue weighted by Crippen LogP contribution is -2.36. The van der Waals surface area contributed by atoms with E-state index in [4.69, 9.17) is 14.2 Å². The number of hydrogen-bond acceptors (Lipinski definition) is 5. The van der Waals surface area contributed by atoms with Crippen molar-refractivity contribution in [1.82, 2.24) is 0 Å². The van der Waals surface area contributed by atoms with Crippen LogP contribution in [0.1, 0.15) is 18.1 Å². The van der Waals surface area contributed by atoms with E-state index in [9.17, 15) is 0 Å². The maximum Gasteiger partial charge on any atom is 0.175 e. The highest BCUT2D eigenvalue weighted by Crippen LogP contribution is 2.37. The van der Waals surface area contributed by atoms with Crippen molar-refractivity contribution in [3.63, 3.8) is 0 Å². The van der Waals surface area contributed by atoms with Crippen LogP contribution >= 0.6 is 31.9 Å². The van der Waals surface area contributed by atoms with E-state index < -0.39 is 0 Å². The summed E-state index contributed by atoms with van der Waals surface area (Å²) in [7, 11) is 0. The topological polar surface area (TPSA) is 43.3 Å². The summed E-state index contributed by atoms with van der Waals surface area (Å²) < 4.78 is 19.3. The summed E-state index contributed by atoms with van der Waals surface area (Å²) in [5.41, 5.74) is 4.11. The first kappa shape index (κ1) is 23.8. The third kappa shape index (κ3) is 6.59. The zero-order valence-electron chi connectivity index (χ0n) is 18.5. The molecule has 3 aromatic carbocycles. The first-order chi connectivity index (χ1) is 16.1. The van der Waals surface area contributed by atoms with Crippen molar-refractivity contribution in [2.24, 2.45) is 4.99 Å². The Bertz CT molecular complexity index is 1080. The summed E-state index contributed by atoms with van der Waals surface area (Å²) in [4.78, 5) is 6.98. The third-order valence-corrected chi connectivity index (χ3v) is 6.33. The molecule has 0 radical (unpaired) electrons. The number of rotatable bonds is 8. The standard InChI is InChI=1S/C26H26Br2N2O3/c1-2-32-25-16-20(15-24(28)26(25)33-18-19-3-5-21(27)6-4-19)17-29-22-7-9-23(10-8-22)30-11-13-31-14-12-30/h3-10,15-17H,2,11-14,18H2,1H3. The Hall–Kier alpha value is -2.35. The first-order valence-corrected chi connectivity index (χ1v) is 12.5. The Morgan fingerprint density at radius 1 is 0.970 bits per heavy atom. The largest absolute Gasteiger partial charge is 0.490 e. The molecule has 1 saturated heterocycles. The zero-order chi connectivity index (χ0) is 23.0. The fourth-order valence-corrected chi connectivity index (χ4v) is 4.36. The van der Waals surface area contributed by atoms with E-state index in [1.165, 1.54) is 5.69 Å². The quantitative estimate of drug-likeness (QED) is 0.279. The summed E-state index contributed by atoms with van der Waals surface area (Å²) >= 11 is 7.10. The molecule has 0 amide bonds. The first-order valence-electron chi connectivity index (χ1n) is 10.9. The van der Waals surface area contributed by atoms with Gasteiger partial charge in [0.1, 0.15) is 6.61 Å². The Balaban J connectivity index is 1.47. The number of aliphatic imine (C=N–C) groups is 1. The van der Waals surface area contributed by atoms with Gasteiger partial charge in [0, 0.05) is 29.5 Å². The van der Waals surface area contributed by atoms with Gasteiger partial charge >= 0.3 is 0 Å². The molecule has 3 aromatic rings. The summed E-state index contributed by atoms with van der Waals surface area (Å²) in [5.74, 6) is 1.37. The lowest BCUT2D eigenvalue weighted by atomic mass is 10.2. The minimum atomic E-state index is 0.453. The van der Waals surface area contributed by atoms with Crippen LogP contribution in [0.25, 0.3) is 0 Å². The molecule has 1 aliphatic heterocycles. The Labute approximate surface area is 211 Å². The van der Waals surface area contributed by atoms with Crippen LogP contribution in [-0.2, 0) is 11.3 Å². The second-order valence-electron chi connectivity index (χ2n) is 7.55. The van der Waals surface area contributed by atoms with Gasteiger partial charge < -0.3 is 19.1 Å². The van der Waals surface area contributed by atoms with Crippen LogP contribution in [0.15, 0.2) is 74.6 Å². The van der Waals surface area contributed by atoms with Gasteiger partial charge in [-0.05, 0) is 82.5 Å². The second kappa shape index (κ2) is 11.7. The van der Waals surface area contributed by atoms with Gasteiger partial charge in [0.15, 0.2) is 11.5 Å². The molecule has 33 heavy (non-hydrogen) atoms. The number of anilines is 1.